The van der Waals surface area contributed by atoms with Gasteiger partial charge in [-0.3, -0.25) is 0 Å². The lowest BCUT2D eigenvalue weighted by molar-refractivity contribution is 0.241. The van der Waals surface area contributed by atoms with Gasteiger partial charge in [0.2, 0.25) is 15.8 Å². The molecule has 1 aliphatic carbocycles. The molecule has 4 N–H and O–H groups in total. The van der Waals surface area contributed by atoms with E-state index in [1.807, 2.05) is 32.0 Å². The minimum atomic E-state index is -3.46. The van der Waals surface area contributed by atoms with Crippen LogP contribution in [0.4, 0.5) is 0 Å². The highest BCUT2D eigenvalue weighted by Gasteiger charge is 2.29. The average Bonchev–Trinajstić information content (AvgIpc) is 3.49. The Balaban J connectivity index is 1.54. The number of hydrogen-bond donors (Lipinski definition) is 3. The number of hydrogen-bond acceptors (Lipinski definition) is 9. The lowest BCUT2D eigenvalue weighted by atomic mass is 10.0. The lowest BCUT2D eigenvalue weighted by Gasteiger charge is -2.15. The number of benzene rings is 2. The van der Waals surface area contributed by atoms with E-state index in [1.54, 1.807) is 18.2 Å². The Bertz CT molecular complexity index is 1360. The van der Waals surface area contributed by atoms with Gasteiger partial charge in [-0.05, 0) is 56.0 Å². The molecule has 36 heavy (non-hydrogen) atoms. The maximum atomic E-state index is 12.6. The van der Waals surface area contributed by atoms with Crippen LogP contribution in [-0.2, 0) is 16.4 Å². The van der Waals surface area contributed by atoms with Crippen LogP contribution in [-0.4, -0.2) is 50.0 Å². The van der Waals surface area contributed by atoms with Gasteiger partial charge in [-0.2, -0.15) is 10.2 Å². The summed E-state index contributed by atoms with van der Waals surface area (Å²) >= 11 is 0. The number of ether oxygens (including phenoxy) is 1. The van der Waals surface area contributed by atoms with Crippen molar-refractivity contribution in [2.45, 2.75) is 38.8 Å². The molecule has 10 nitrogen and oxygen atoms in total. The summed E-state index contributed by atoms with van der Waals surface area (Å²) in [5, 5.41) is 16.7. The fraction of sp³-hybridized carbons (Fsp3) is 0.400. The van der Waals surface area contributed by atoms with Gasteiger partial charge in [0.1, 0.15) is 11.8 Å². The number of nitriles is 1. The van der Waals surface area contributed by atoms with Crippen LogP contribution in [0, 0.1) is 11.3 Å². The number of nitrogens with one attached hydrogen (secondary N) is 2. The molecule has 0 radical (unpaired) electrons. The number of aromatic nitrogens is 2. The molecule has 0 bridgehead atoms. The maximum absolute atomic E-state index is 12.6. The molecule has 1 aliphatic rings. The second-order valence-corrected chi connectivity index (χ2v) is 10.7. The van der Waals surface area contributed by atoms with Crippen molar-refractivity contribution in [3.63, 3.8) is 0 Å². The molecule has 3 aromatic rings. The van der Waals surface area contributed by atoms with Crippen LogP contribution in [0.15, 0.2) is 40.9 Å². The van der Waals surface area contributed by atoms with Gasteiger partial charge in [0, 0.05) is 36.8 Å². The molecule has 0 amide bonds. The Morgan fingerprint density at radius 2 is 2.11 bits per heavy atom. The molecule has 0 saturated carbocycles. The summed E-state index contributed by atoms with van der Waals surface area (Å²) in [5.74, 6) is 1.19. The molecule has 0 spiro atoms. The Morgan fingerprint density at radius 1 is 1.28 bits per heavy atom. The monoisotopic (exact) mass is 510 g/mol. The van der Waals surface area contributed by atoms with Crippen LogP contribution in [0.2, 0.25) is 0 Å². The van der Waals surface area contributed by atoms with Gasteiger partial charge in [0.25, 0.3) is 5.89 Å². The molecule has 190 valence electrons. The van der Waals surface area contributed by atoms with E-state index in [1.165, 1.54) is 0 Å². The number of rotatable bonds is 11. The molecule has 1 heterocycles. The lowest BCUT2D eigenvalue weighted by Crippen LogP contribution is -2.35. The predicted octanol–water partition coefficient (Wildman–Crippen LogP) is 2.52. The summed E-state index contributed by atoms with van der Waals surface area (Å²) in [6.07, 6.45) is 1.28. The summed E-state index contributed by atoms with van der Waals surface area (Å²) < 4.78 is 39.1. The number of nitrogens with two attached hydrogens (primary N) is 1. The molecule has 1 aromatic heterocycles. The van der Waals surface area contributed by atoms with Gasteiger partial charge in [-0.25, -0.2) is 13.1 Å². The van der Waals surface area contributed by atoms with E-state index in [-0.39, 0.29) is 23.8 Å². The molecule has 0 aliphatic heterocycles. The third-order valence-electron chi connectivity index (χ3n) is 5.84. The van der Waals surface area contributed by atoms with E-state index < -0.39 is 10.0 Å². The van der Waals surface area contributed by atoms with Gasteiger partial charge in [-0.15, -0.1) is 0 Å². The zero-order valence-electron chi connectivity index (χ0n) is 20.3. The highest BCUT2D eigenvalue weighted by atomic mass is 32.2. The van der Waals surface area contributed by atoms with Crippen LogP contribution in [0.5, 0.6) is 5.75 Å². The largest absolute Gasteiger partial charge is 0.490 e. The third-order valence-corrected chi connectivity index (χ3v) is 7.22. The fourth-order valence-corrected chi connectivity index (χ4v) is 5.46. The van der Waals surface area contributed by atoms with Crippen molar-refractivity contribution in [3.05, 3.63) is 53.1 Å². The number of nitrogens with zero attached hydrogens (tertiary/aromatic N) is 3. The second-order valence-electron chi connectivity index (χ2n) is 8.85. The molecule has 0 saturated heterocycles. The summed E-state index contributed by atoms with van der Waals surface area (Å²) in [5.41, 5.74) is 9.14. The topological polar surface area (TPSA) is 156 Å². The highest BCUT2D eigenvalue weighted by molar-refractivity contribution is 7.89. The fourth-order valence-electron chi connectivity index (χ4n) is 4.25. The van der Waals surface area contributed by atoms with Crippen molar-refractivity contribution in [1.82, 2.24) is 20.2 Å². The first-order valence-electron chi connectivity index (χ1n) is 11.9. The molecule has 0 fully saturated rings. The van der Waals surface area contributed by atoms with Crippen molar-refractivity contribution in [2.75, 3.05) is 25.4 Å². The van der Waals surface area contributed by atoms with Gasteiger partial charge in [-0.1, -0.05) is 23.4 Å². The van der Waals surface area contributed by atoms with Crippen LogP contribution in [0.1, 0.15) is 43.0 Å². The normalized spacial score (nSPS) is 15.1. The summed E-state index contributed by atoms with van der Waals surface area (Å²) in [6, 6.07) is 12.7. The van der Waals surface area contributed by atoms with Crippen LogP contribution < -0.4 is 20.5 Å². The molecule has 1 atom stereocenters. The number of fused-ring (bicyclic) bond motifs is 1. The SMILES string of the molecule is CC(C)Oc1ccc(-c2nc(-c3cccc4c3CCC4NS(=O)(=O)CCNCCN)no2)cc1C#N. The first kappa shape index (κ1) is 25.8. The quantitative estimate of drug-likeness (QED) is 0.330. The smallest absolute Gasteiger partial charge is 0.258 e. The van der Waals surface area contributed by atoms with Crippen LogP contribution in [0.25, 0.3) is 22.8 Å². The highest BCUT2D eigenvalue weighted by Crippen LogP contribution is 2.38. The molecule has 4 rings (SSSR count). The predicted molar refractivity (Wildman–Crippen MR) is 136 cm³/mol. The zero-order chi connectivity index (χ0) is 25.7. The summed E-state index contributed by atoms with van der Waals surface area (Å²) in [7, 11) is -3.46. The minimum absolute atomic E-state index is 0.0155. The minimum Gasteiger partial charge on any atom is -0.490 e. The maximum Gasteiger partial charge on any atom is 0.258 e. The first-order valence-corrected chi connectivity index (χ1v) is 13.5. The van der Waals surface area contributed by atoms with E-state index in [0.29, 0.717) is 55.2 Å². The molecule has 1 unspecified atom stereocenters. The van der Waals surface area contributed by atoms with Gasteiger partial charge < -0.3 is 20.3 Å². The third kappa shape index (κ3) is 5.91. The van der Waals surface area contributed by atoms with E-state index in [4.69, 9.17) is 15.0 Å². The molecule has 11 heteroatoms. The zero-order valence-corrected chi connectivity index (χ0v) is 21.1. The van der Waals surface area contributed by atoms with Crippen LogP contribution in [0.3, 0.4) is 0 Å². The second kappa shape index (κ2) is 11.2. The summed E-state index contributed by atoms with van der Waals surface area (Å²) in [6.45, 7) is 5.17. The molecule has 2 aromatic carbocycles. The first-order chi connectivity index (χ1) is 17.3. The van der Waals surface area contributed by atoms with Crippen molar-refractivity contribution in [2.24, 2.45) is 5.73 Å². The van der Waals surface area contributed by atoms with Crippen molar-refractivity contribution < 1.29 is 17.7 Å². The average molecular weight is 511 g/mol. The van der Waals surface area contributed by atoms with E-state index in [2.05, 4.69) is 26.2 Å². The Morgan fingerprint density at radius 3 is 2.86 bits per heavy atom. The van der Waals surface area contributed by atoms with E-state index in [0.717, 1.165) is 16.7 Å². The Hall–Kier alpha value is -3.30. The van der Waals surface area contributed by atoms with Gasteiger partial charge in [0.15, 0.2) is 0 Å². The number of sulfonamides is 1. The van der Waals surface area contributed by atoms with Crippen molar-refractivity contribution >= 4 is 10.0 Å². The van der Waals surface area contributed by atoms with Crippen molar-refractivity contribution in [1.29, 1.82) is 5.26 Å². The Kier molecular flexibility index (Phi) is 8.01. The standard InChI is InChI=1S/C25H30N6O4S/c1-16(2)34-23-9-6-17(14-18(23)15-27)25-29-24(30-35-25)21-5-3-4-20-19(21)7-8-22(20)31-36(32,33)13-12-28-11-10-26/h3-6,9,14,16,22,28,31H,7-8,10-13,26H2,1-2H3. The van der Waals surface area contributed by atoms with E-state index >= 15 is 0 Å². The summed E-state index contributed by atoms with van der Waals surface area (Å²) in [4.78, 5) is 4.57. The Labute approximate surface area is 210 Å². The van der Waals surface area contributed by atoms with Gasteiger partial charge in [0.05, 0.1) is 17.4 Å². The van der Waals surface area contributed by atoms with Crippen molar-refractivity contribution in [3.8, 4) is 34.7 Å². The molecular weight excluding hydrogens is 480 g/mol. The van der Waals surface area contributed by atoms with Gasteiger partial charge >= 0.3 is 0 Å². The van der Waals surface area contributed by atoms with Crippen LogP contribution >= 0.6 is 0 Å². The van der Waals surface area contributed by atoms with E-state index in [9.17, 15) is 13.7 Å². The molecular formula is C25H30N6O4S.